The maximum absolute atomic E-state index is 8.88. The summed E-state index contributed by atoms with van der Waals surface area (Å²) in [5, 5.41) is 21.1. The minimum atomic E-state index is -1.16. The van der Waals surface area contributed by atoms with E-state index in [1.54, 1.807) is 0 Å². The molecular weight excluding hydrogens is 192 g/mol. The Bertz CT molecular complexity index is 159. The van der Waals surface area contributed by atoms with Gasteiger partial charge in [-0.05, 0) is 38.9 Å². The van der Waals surface area contributed by atoms with Crippen molar-refractivity contribution < 1.29 is 10.2 Å². The van der Waals surface area contributed by atoms with E-state index >= 15 is 0 Å². The first-order valence-electron chi connectivity index (χ1n) is 6.05. The van der Waals surface area contributed by atoms with Crippen LogP contribution in [0.5, 0.6) is 0 Å². The highest BCUT2D eigenvalue weighted by molar-refractivity contribution is 4.77. The molecule has 1 rings (SSSR count). The third-order valence-electron chi connectivity index (χ3n) is 3.01. The van der Waals surface area contributed by atoms with Crippen molar-refractivity contribution in [2.24, 2.45) is 0 Å². The molecule has 0 bridgehead atoms. The predicted molar refractivity (Wildman–Crippen MR) is 60.6 cm³/mol. The Labute approximate surface area is 92.3 Å². The van der Waals surface area contributed by atoms with Gasteiger partial charge < -0.3 is 20.4 Å². The summed E-state index contributed by atoms with van der Waals surface area (Å²) >= 11 is 0. The van der Waals surface area contributed by atoms with Crippen LogP contribution in [0.1, 0.15) is 32.6 Å². The molecule has 0 unspecified atom stereocenters. The summed E-state index contributed by atoms with van der Waals surface area (Å²) in [5.41, 5.74) is 0. The van der Waals surface area contributed by atoms with Crippen molar-refractivity contribution in [3.63, 3.8) is 0 Å². The first-order chi connectivity index (χ1) is 7.24. The number of nitrogens with one attached hydrogen (secondary N) is 1. The van der Waals surface area contributed by atoms with Crippen LogP contribution in [0, 0.1) is 0 Å². The first-order valence-corrected chi connectivity index (χ1v) is 6.05. The summed E-state index contributed by atoms with van der Waals surface area (Å²) in [4.78, 5) is 2.40. The zero-order chi connectivity index (χ0) is 11.1. The number of piperidine rings is 1. The molecule has 4 nitrogen and oxygen atoms in total. The predicted octanol–water partition coefficient (Wildman–Crippen LogP) is 0.151. The van der Waals surface area contributed by atoms with Crippen LogP contribution in [0.25, 0.3) is 0 Å². The van der Waals surface area contributed by atoms with Gasteiger partial charge in [0, 0.05) is 19.0 Å². The van der Waals surface area contributed by atoms with E-state index in [1.807, 2.05) is 0 Å². The van der Waals surface area contributed by atoms with E-state index in [0.717, 1.165) is 32.6 Å². The lowest BCUT2D eigenvalue weighted by molar-refractivity contribution is -0.0529. The van der Waals surface area contributed by atoms with E-state index in [9.17, 15) is 0 Å². The van der Waals surface area contributed by atoms with E-state index < -0.39 is 6.29 Å². The second-order valence-corrected chi connectivity index (χ2v) is 4.29. The van der Waals surface area contributed by atoms with E-state index in [2.05, 4.69) is 17.1 Å². The van der Waals surface area contributed by atoms with Gasteiger partial charge in [0.2, 0.25) is 0 Å². The van der Waals surface area contributed by atoms with Crippen molar-refractivity contribution in [3.05, 3.63) is 0 Å². The van der Waals surface area contributed by atoms with E-state index in [1.165, 1.54) is 12.8 Å². The molecule has 1 heterocycles. The Balaban J connectivity index is 2.33. The number of hydrogen-bond donors (Lipinski definition) is 3. The highest BCUT2D eigenvalue weighted by Gasteiger charge is 2.20. The van der Waals surface area contributed by atoms with E-state index in [0.29, 0.717) is 12.5 Å². The van der Waals surface area contributed by atoms with Crippen molar-refractivity contribution >= 4 is 0 Å². The van der Waals surface area contributed by atoms with Gasteiger partial charge in [0.05, 0.1) is 0 Å². The maximum Gasteiger partial charge on any atom is 0.152 e. The van der Waals surface area contributed by atoms with Gasteiger partial charge in [-0.25, -0.2) is 0 Å². The summed E-state index contributed by atoms with van der Waals surface area (Å²) in [6.45, 7) is 6.22. The van der Waals surface area contributed by atoms with Crippen LogP contribution in [-0.4, -0.2) is 53.6 Å². The fraction of sp³-hybridized carbons (Fsp3) is 1.00. The van der Waals surface area contributed by atoms with Gasteiger partial charge in [-0.1, -0.05) is 6.92 Å². The Morgan fingerprint density at radius 2 is 1.93 bits per heavy atom. The molecule has 90 valence electrons. The Kier molecular flexibility index (Phi) is 6.17. The van der Waals surface area contributed by atoms with Crippen LogP contribution in [0.4, 0.5) is 0 Å². The molecule has 0 aliphatic carbocycles. The molecule has 0 atom stereocenters. The Morgan fingerprint density at radius 1 is 1.27 bits per heavy atom. The highest BCUT2D eigenvalue weighted by Crippen LogP contribution is 2.13. The standard InChI is InChI=1S/C11H24N2O2/c1-2-8-13(9-5-11(14)15)10-3-6-12-7-4-10/h10-12,14-15H,2-9H2,1H3. The van der Waals surface area contributed by atoms with Crippen LogP contribution >= 0.6 is 0 Å². The van der Waals surface area contributed by atoms with Crippen LogP contribution in [-0.2, 0) is 0 Å². The molecule has 0 spiro atoms. The summed E-state index contributed by atoms with van der Waals surface area (Å²) in [7, 11) is 0. The van der Waals surface area contributed by atoms with Crippen molar-refractivity contribution in [1.29, 1.82) is 0 Å². The SMILES string of the molecule is CCCN(CCC(O)O)C1CCNCC1. The Hall–Kier alpha value is -0.160. The molecule has 0 saturated carbocycles. The number of hydrogen-bond acceptors (Lipinski definition) is 4. The topological polar surface area (TPSA) is 55.7 Å². The lowest BCUT2D eigenvalue weighted by Crippen LogP contribution is -2.44. The molecule has 3 N–H and O–H groups in total. The minimum absolute atomic E-state index is 0.462. The smallest absolute Gasteiger partial charge is 0.152 e. The van der Waals surface area contributed by atoms with Gasteiger partial charge in [0.25, 0.3) is 0 Å². The van der Waals surface area contributed by atoms with Gasteiger partial charge in [0.1, 0.15) is 0 Å². The molecule has 0 amide bonds. The molecule has 0 radical (unpaired) electrons. The second kappa shape index (κ2) is 7.17. The summed E-state index contributed by atoms with van der Waals surface area (Å²) in [6.07, 6.45) is 2.80. The third kappa shape index (κ3) is 4.93. The van der Waals surface area contributed by atoms with E-state index in [4.69, 9.17) is 10.2 Å². The molecule has 0 aromatic carbocycles. The number of nitrogens with zero attached hydrogens (tertiary/aromatic N) is 1. The van der Waals surface area contributed by atoms with Gasteiger partial charge in [-0.3, -0.25) is 0 Å². The number of aliphatic hydroxyl groups excluding tert-OH is 1. The van der Waals surface area contributed by atoms with Crippen molar-refractivity contribution in [3.8, 4) is 0 Å². The molecule has 1 aliphatic heterocycles. The quantitative estimate of drug-likeness (QED) is 0.553. The first kappa shape index (κ1) is 12.9. The zero-order valence-corrected chi connectivity index (χ0v) is 9.65. The fourth-order valence-electron chi connectivity index (χ4n) is 2.22. The van der Waals surface area contributed by atoms with Crippen molar-refractivity contribution in [2.45, 2.75) is 44.9 Å². The lowest BCUT2D eigenvalue weighted by atomic mass is 10.0. The molecule has 4 heteroatoms. The third-order valence-corrected chi connectivity index (χ3v) is 3.01. The van der Waals surface area contributed by atoms with Crippen molar-refractivity contribution in [2.75, 3.05) is 26.2 Å². The number of aliphatic hydroxyl groups is 2. The largest absolute Gasteiger partial charge is 0.368 e. The molecule has 0 aromatic heterocycles. The van der Waals surface area contributed by atoms with Crippen LogP contribution in [0.15, 0.2) is 0 Å². The lowest BCUT2D eigenvalue weighted by Gasteiger charge is -2.34. The second-order valence-electron chi connectivity index (χ2n) is 4.29. The van der Waals surface area contributed by atoms with Crippen LogP contribution in [0.3, 0.4) is 0 Å². The molecule has 1 fully saturated rings. The monoisotopic (exact) mass is 216 g/mol. The average Bonchev–Trinajstić information content (AvgIpc) is 2.25. The molecule has 1 aliphatic rings. The highest BCUT2D eigenvalue weighted by atomic mass is 16.5. The van der Waals surface area contributed by atoms with Gasteiger partial charge in [-0.2, -0.15) is 0 Å². The summed E-state index contributed by atoms with van der Waals surface area (Å²) < 4.78 is 0. The minimum Gasteiger partial charge on any atom is -0.368 e. The molecule has 0 aromatic rings. The van der Waals surface area contributed by atoms with Gasteiger partial charge in [0.15, 0.2) is 6.29 Å². The molecular formula is C11H24N2O2. The van der Waals surface area contributed by atoms with Crippen LogP contribution < -0.4 is 5.32 Å². The zero-order valence-electron chi connectivity index (χ0n) is 9.65. The normalized spacial score (nSPS) is 19.0. The van der Waals surface area contributed by atoms with E-state index in [-0.39, 0.29) is 0 Å². The average molecular weight is 216 g/mol. The fourth-order valence-corrected chi connectivity index (χ4v) is 2.22. The van der Waals surface area contributed by atoms with Crippen LogP contribution in [0.2, 0.25) is 0 Å². The molecule has 1 saturated heterocycles. The maximum atomic E-state index is 8.88. The Morgan fingerprint density at radius 3 is 2.47 bits per heavy atom. The van der Waals surface area contributed by atoms with Gasteiger partial charge >= 0.3 is 0 Å². The molecule has 15 heavy (non-hydrogen) atoms. The van der Waals surface area contributed by atoms with Gasteiger partial charge in [-0.15, -0.1) is 0 Å². The van der Waals surface area contributed by atoms with Crippen molar-refractivity contribution in [1.82, 2.24) is 10.2 Å². The number of rotatable bonds is 6. The summed E-state index contributed by atoms with van der Waals surface area (Å²) in [6, 6.07) is 0.630. The summed E-state index contributed by atoms with van der Waals surface area (Å²) in [5.74, 6) is 0.